The molecule has 0 radical (unpaired) electrons. The van der Waals surface area contributed by atoms with Gasteiger partial charge in [-0.1, -0.05) is 25.1 Å². The molecule has 1 heterocycles. The third kappa shape index (κ3) is 2.45. The first-order valence-electron chi connectivity index (χ1n) is 7.77. The Morgan fingerprint density at radius 2 is 2.18 bits per heavy atom. The molecular weight excluding hydrogens is 278 g/mol. The van der Waals surface area contributed by atoms with Crippen LogP contribution in [0.25, 0.3) is 6.08 Å². The Labute approximate surface area is 132 Å². The zero-order valence-corrected chi connectivity index (χ0v) is 13.8. The van der Waals surface area contributed by atoms with E-state index in [1.54, 1.807) is 14.2 Å². The fourth-order valence-corrected chi connectivity index (χ4v) is 3.70. The van der Waals surface area contributed by atoms with Gasteiger partial charge in [0.1, 0.15) is 12.0 Å². The van der Waals surface area contributed by atoms with E-state index < -0.39 is 0 Å². The summed E-state index contributed by atoms with van der Waals surface area (Å²) >= 11 is 0. The molecule has 22 heavy (non-hydrogen) atoms. The number of fused-ring (bicyclic) bond motifs is 1. The Morgan fingerprint density at radius 3 is 2.91 bits per heavy atom. The average molecular weight is 303 g/mol. The summed E-state index contributed by atoms with van der Waals surface area (Å²) in [5.41, 5.74) is 2.46. The Morgan fingerprint density at radius 1 is 1.36 bits per heavy atom. The topological polar surface area (TPSA) is 30.9 Å². The van der Waals surface area contributed by atoms with Gasteiger partial charge in [0.25, 0.3) is 0 Å². The van der Waals surface area contributed by atoms with Gasteiger partial charge in [-0.3, -0.25) is 4.90 Å². The number of hydrogen-bond donors (Lipinski definition) is 0. The molecule has 3 rings (SSSR count). The fourth-order valence-electron chi connectivity index (χ4n) is 3.70. The summed E-state index contributed by atoms with van der Waals surface area (Å²) < 4.78 is 16.9. The Kier molecular flexibility index (Phi) is 4.26. The number of ether oxygens (including phenoxy) is 3. The molecule has 120 valence electrons. The molecule has 0 amide bonds. The van der Waals surface area contributed by atoms with Gasteiger partial charge < -0.3 is 14.2 Å². The minimum absolute atomic E-state index is 0.0449. The lowest BCUT2D eigenvalue weighted by molar-refractivity contribution is -0.0193. The van der Waals surface area contributed by atoms with Crippen molar-refractivity contribution in [1.82, 2.24) is 4.90 Å². The molecule has 1 aromatic rings. The number of benzene rings is 1. The molecule has 1 aliphatic carbocycles. The monoisotopic (exact) mass is 303 g/mol. The maximum absolute atomic E-state index is 6.17. The molecule has 1 unspecified atom stereocenters. The molecule has 4 heteroatoms. The van der Waals surface area contributed by atoms with Gasteiger partial charge in [0.05, 0.1) is 26.4 Å². The number of rotatable bonds is 4. The van der Waals surface area contributed by atoms with Crippen LogP contribution < -0.4 is 4.74 Å². The van der Waals surface area contributed by atoms with Gasteiger partial charge in [0, 0.05) is 12.5 Å². The molecule has 0 N–H and O–H groups in total. The molecule has 3 atom stereocenters. The minimum Gasteiger partial charge on any atom is -0.497 e. The third-order valence-corrected chi connectivity index (χ3v) is 5.01. The summed E-state index contributed by atoms with van der Waals surface area (Å²) in [7, 11) is 5.59. The van der Waals surface area contributed by atoms with Gasteiger partial charge in [-0.05, 0) is 36.7 Å². The molecular formula is C18H25NO3. The van der Waals surface area contributed by atoms with Crippen molar-refractivity contribution in [2.45, 2.75) is 31.0 Å². The van der Waals surface area contributed by atoms with E-state index in [9.17, 15) is 0 Å². The summed E-state index contributed by atoms with van der Waals surface area (Å²) in [5, 5.41) is 0. The summed E-state index contributed by atoms with van der Waals surface area (Å²) in [6.45, 7) is 3.70. The van der Waals surface area contributed by atoms with E-state index in [4.69, 9.17) is 14.2 Å². The SMILES string of the molecule is COC[C@@H]1COC([C@]2(C)CC=Cc3ccc(OC)cc32)N1C. The Bertz CT molecular complexity index is 571. The zero-order valence-electron chi connectivity index (χ0n) is 13.8. The smallest absolute Gasteiger partial charge is 0.120 e. The number of nitrogens with zero attached hydrogens (tertiary/aromatic N) is 1. The highest BCUT2D eigenvalue weighted by Gasteiger charge is 2.46. The second kappa shape index (κ2) is 6.03. The van der Waals surface area contributed by atoms with Gasteiger partial charge in [0.15, 0.2) is 0 Å². The van der Waals surface area contributed by atoms with Crippen molar-refractivity contribution in [1.29, 1.82) is 0 Å². The van der Waals surface area contributed by atoms with E-state index in [2.05, 4.69) is 43.2 Å². The van der Waals surface area contributed by atoms with Crippen molar-refractivity contribution in [2.75, 3.05) is 34.5 Å². The number of allylic oxidation sites excluding steroid dienone is 1. The fraction of sp³-hybridized carbons (Fsp3) is 0.556. The summed E-state index contributed by atoms with van der Waals surface area (Å²) in [6, 6.07) is 6.61. The van der Waals surface area contributed by atoms with Crippen molar-refractivity contribution in [2.24, 2.45) is 0 Å². The Hall–Kier alpha value is -1.36. The first-order valence-corrected chi connectivity index (χ1v) is 7.77. The first kappa shape index (κ1) is 15.5. The van der Waals surface area contributed by atoms with Crippen LogP contribution in [0.3, 0.4) is 0 Å². The van der Waals surface area contributed by atoms with E-state index in [1.165, 1.54) is 11.1 Å². The summed E-state index contributed by atoms with van der Waals surface area (Å²) in [5.74, 6) is 0.898. The average Bonchev–Trinajstić information content (AvgIpc) is 2.89. The second-order valence-corrected chi connectivity index (χ2v) is 6.44. The van der Waals surface area contributed by atoms with E-state index in [1.807, 2.05) is 6.07 Å². The van der Waals surface area contributed by atoms with Crippen molar-refractivity contribution < 1.29 is 14.2 Å². The van der Waals surface area contributed by atoms with Gasteiger partial charge in [0.2, 0.25) is 0 Å². The lowest BCUT2D eigenvalue weighted by Crippen LogP contribution is -2.48. The molecule has 0 saturated carbocycles. The normalized spacial score (nSPS) is 31.3. The van der Waals surface area contributed by atoms with Crippen LogP contribution in [0.2, 0.25) is 0 Å². The van der Waals surface area contributed by atoms with Crippen LogP contribution in [0.5, 0.6) is 5.75 Å². The van der Waals surface area contributed by atoms with Crippen LogP contribution in [-0.2, 0) is 14.9 Å². The quantitative estimate of drug-likeness (QED) is 0.856. The standard InChI is InChI=1S/C18H25NO3/c1-18(17-19(2)14(11-20-3)12-22-17)9-5-6-13-7-8-15(21-4)10-16(13)18/h5-8,10,14,17H,9,11-12H2,1-4H3/t14-,17?,18-/m1/s1. The molecule has 0 aromatic heterocycles. The molecule has 1 aliphatic heterocycles. The van der Waals surface area contributed by atoms with Crippen molar-refractivity contribution in [3.05, 3.63) is 35.4 Å². The van der Waals surface area contributed by atoms with Crippen LogP contribution >= 0.6 is 0 Å². The predicted molar refractivity (Wildman–Crippen MR) is 87.2 cm³/mol. The minimum atomic E-state index is -0.0874. The molecule has 0 bridgehead atoms. The van der Waals surface area contributed by atoms with E-state index in [0.717, 1.165) is 12.2 Å². The molecule has 2 aliphatic rings. The van der Waals surface area contributed by atoms with Crippen LogP contribution in [0, 0.1) is 0 Å². The predicted octanol–water partition coefficient (Wildman–Crippen LogP) is 2.67. The van der Waals surface area contributed by atoms with E-state index >= 15 is 0 Å². The maximum Gasteiger partial charge on any atom is 0.120 e. The van der Waals surface area contributed by atoms with Crippen LogP contribution in [0.4, 0.5) is 0 Å². The molecule has 1 aromatic carbocycles. The third-order valence-electron chi connectivity index (χ3n) is 5.01. The van der Waals surface area contributed by atoms with Crippen molar-refractivity contribution >= 4 is 6.08 Å². The Balaban J connectivity index is 1.96. The summed E-state index contributed by atoms with van der Waals surface area (Å²) in [6.07, 6.45) is 5.44. The number of hydrogen-bond acceptors (Lipinski definition) is 4. The number of likely N-dealkylation sites (N-methyl/N-ethyl adjacent to an activating group) is 1. The van der Waals surface area contributed by atoms with Gasteiger partial charge in [-0.2, -0.15) is 0 Å². The highest BCUT2D eigenvalue weighted by atomic mass is 16.5. The first-order chi connectivity index (χ1) is 10.6. The van der Waals surface area contributed by atoms with Crippen molar-refractivity contribution in [3.63, 3.8) is 0 Å². The van der Waals surface area contributed by atoms with Gasteiger partial charge in [-0.15, -0.1) is 0 Å². The summed E-state index contributed by atoms with van der Waals surface area (Å²) in [4.78, 5) is 2.31. The van der Waals surface area contributed by atoms with Crippen LogP contribution in [-0.4, -0.2) is 51.7 Å². The van der Waals surface area contributed by atoms with Crippen LogP contribution in [0.1, 0.15) is 24.5 Å². The molecule has 0 spiro atoms. The highest BCUT2D eigenvalue weighted by Crippen LogP contribution is 2.43. The van der Waals surface area contributed by atoms with Gasteiger partial charge in [-0.25, -0.2) is 0 Å². The molecule has 4 nitrogen and oxygen atoms in total. The van der Waals surface area contributed by atoms with Crippen LogP contribution in [0.15, 0.2) is 24.3 Å². The zero-order chi connectivity index (χ0) is 15.7. The second-order valence-electron chi connectivity index (χ2n) is 6.44. The lowest BCUT2D eigenvalue weighted by atomic mass is 9.72. The van der Waals surface area contributed by atoms with Gasteiger partial charge >= 0.3 is 0 Å². The van der Waals surface area contributed by atoms with E-state index in [0.29, 0.717) is 19.3 Å². The molecule has 1 saturated heterocycles. The number of methoxy groups -OCH3 is 2. The van der Waals surface area contributed by atoms with E-state index in [-0.39, 0.29) is 11.6 Å². The maximum atomic E-state index is 6.17. The highest BCUT2D eigenvalue weighted by molar-refractivity contribution is 5.61. The lowest BCUT2D eigenvalue weighted by Gasteiger charge is -2.41. The molecule has 1 fully saturated rings. The largest absolute Gasteiger partial charge is 0.497 e. The van der Waals surface area contributed by atoms with Crippen molar-refractivity contribution in [3.8, 4) is 5.75 Å².